The van der Waals surface area contributed by atoms with E-state index in [2.05, 4.69) is 4.98 Å². The fourth-order valence-corrected chi connectivity index (χ4v) is 3.89. The number of aryl methyl sites for hydroxylation is 1. The summed E-state index contributed by atoms with van der Waals surface area (Å²) in [6, 6.07) is 9.34. The van der Waals surface area contributed by atoms with Crippen molar-refractivity contribution in [2.24, 2.45) is 0 Å². The van der Waals surface area contributed by atoms with Crippen molar-refractivity contribution in [3.05, 3.63) is 52.0 Å². The number of benzene rings is 1. The lowest BCUT2D eigenvalue weighted by atomic mass is 9.73. The number of hydrogen-bond acceptors (Lipinski definition) is 4. The summed E-state index contributed by atoms with van der Waals surface area (Å²) < 4.78 is 0. The van der Waals surface area contributed by atoms with Crippen LogP contribution in [0.5, 0.6) is 0 Å². The first-order valence-corrected chi connectivity index (χ1v) is 8.87. The fourth-order valence-electron chi connectivity index (χ4n) is 3.28. The second-order valence-corrected chi connectivity index (χ2v) is 7.23. The molecular weight excluding hydrogens is 324 g/mol. The second-order valence-electron chi connectivity index (χ2n) is 6.17. The van der Waals surface area contributed by atoms with Gasteiger partial charge in [-0.25, -0.2) is 4.98 Å². The number of carbonyl (C=O) groups is 2. The Morgan fingerprint density at radius 1 is 1.25 bits per heavy atom. The minimum atomic E-state index is -0.894. The van der Waals surface area contributed by atoms with Crippen LogP contribution in [0.1, 0.15) is 29.1 Å². The van der Waals surface area contributed by atoms with Crippen molar-refractivity contribution in [3.8, 4) is 0 Å². The van der Waals surface area contributed by atoms with E-state index < -0.39 is 11.4 Å². The third-order valence-corrected chi connectivity index (χ3v) is 5.53. The van der Waals surface area contributed by atoms with Crippen LogP contribution in [0.4, 0.5) is 0 Å². The van der Waals surface area contributed by atoms with E-state index in [0.29, 0.717) is 25.9 Å². The molecule has 2 heterocycles. The first kappa shape index (κ1) is 16.6. The minimum absolute atomic E-state index is 0.0207. The Kier molecular flexibility index (Phi) is 4.66. The van der Waals surface area contributed by atoms with E-state index >= 15 is 0 Å². The number of carbonyl (C=O) groups excluding carboxylic acids is 1. The molecule has 0 bridgehead atoms. The third kappa shape index (κ3) is 3.19. The molecule has 24 heavy (non-hydrogen) atoms. The summed E-state index contributed by atoms with van der Waals surface area (Å²) in [5.74, 6) is -0.789. The number of thiazole rings is 1. The van der Waals surface area contributed by atoms with E-state index in [0.717, 1.165) is 16.3 Å². The summed E-state index contributed by atoms with van der Waals surface area (Å²) >= 11 is 1.53. The lowest BCUT2D eigenvalue weighted by molar-refractivity contribution is -0.148. The molecule has 126 valence electrons. The highest BCUT2D eigenvalue weighted by molar-refractivity contribution is 7.09. The average Bonchev–Trinajstić information content (AvgIpc) is 3.00. The van der Waals surface area contributed by atoms with Gasteiger partial charge in [0.1, 0.15) is 0 Å². The van der Waals surface area contributed by atoms with Gasteiger partial charge in [-0.1, -0.05) is 30.3 Å². The molecule has 1 aliphatic rings. The molecule has 1 amide bonds. The van der Waals surface area contributed by atoms with Gasteiger partial charge in [-0.2, -0.15) is 0 Å². The molecular formula is C18H20N2O3S. The Morgan fingerprint density at radius 2 is 1.92 bits per heavy atom. The van der Waals surface area contributed by atoms with Crippen LogP contribution < -0.4 is 0 Å². The van der Waals surface area contributed by atoms with Crippen LogP contribution in [0, 0.1) is 6.92 Å². The SMILES string of the molecule is Cc1nc(CC(=O)N2CCC(C(=O)O)(c3ccccc3)CC2)cs1. The van der Waals surface area contributed by atoms with E-state index in [9.17, 15) is 14.7 Å². The van der Waals surface area contributed by atoms with E-state index in [1.165, 1.54) is 11.3 Å². The van der Waals surface area contributed by atoms with Crippen molar-refractivity contribution in [1.82, 2.24) is 9.88 Å². The highest BCUT2D eigenvalue weighted by Crippen LogP contribution is 2.36. The van der Waals surface area contributed by atoms with Gasteiger partial charge >= 0.3 is 5.97 Å². The summed E-state index contributed by atoms with van der Waals surface area (Å²) in [7, 11) is 0. The molecule has 5 nitrogen and oxygen atoms in total. The van der Waals surface area contributed by atoms with Crippen LogP contribution in [0.3, 0.4) is 0 Å². The number of likely N-dealkylation sites (tertiary alicyclic amines) is 1. The Bertz CT molecular complexity index is 734. The Balaban J connectivity index is 1.69. The third-order valence-electron chi connectivity index (χ3n) is 4.70. The van der Waals surface area contributed by atoms with Crippen molar-refractivity contribution in [3.63, 3.8) is 0 Å². The summed E-state index contributed by atoms with van der Waals surface area (Å²) in [6.07, 6.45) is 1.16. The minimum Gasteiger partial charge on any atom is -0.481 e. The lowest BCUT2D eigenvalue weighted by Gasteiger charge is -2.39. The first-order valence-electron chi connectivity index (χ1n) is 7.99. The van der Waals surface area contributed by atoms with Gasteiger partial charge in [0.05, 0.1) is 22.5 Å². The van der Waals surface area contributed by atoms with Gasteiger partial charge in [-0.05, 0) is 25.3 Å². The zero-order valence-electron chi connectivity index (χ0n) is 13.6. The van der Waals surface area contributed by atoms with Gasteiger partial charge in [-0.15, -0.1) is 11.3 Å². The van der Waals surface area contributed by atoms with Crippen molar-refractivity contribution < 1.29 is 14.7 Å². The molecule has 1 saturated heterocycles. The Hall–Kier alpha value is -2.21. The van der Waals surface area contributed by atoms with E-state index in [1.54, 1.807) is 4.90 Å². The molecule has 0 radical (unpaired) electrons. The van der Waals surface area contributed by atoms with Gasteiger partial charge in [-0.3, -0.25) is 9.59 Å². The van der Waals surface area contributed by atoms with E-state index in [1.807, 2.05) is 42.6 Å². The molecule has 1 N–H and O–H groups in total. The number of aliphatic carboxylic acids is 1. The van der Waals surface area contributed by atoms with E-state index in [4.69, 9.17) is 0 Å². The monoisotopic (exact) mass is 344 g/mol. The van der Waals surface area contributed by atoms with Gasteiger partial charge < -0.3 is 10.0 Å². The standard InChI is InChI=1S/C18H20N2O3S/c1-13-19-15(12-24-13)11-16(21)20-9-7-18(8-10-20,17(22)23)14-5-3-2-4-6-14/h2-6,12H,7-11H2,1H3,(H,22,23). The van der Waals surface area contributed by atoms with Crippen molar-refractivity contribution in [2.45, 2.75) is 31.6 Å². The van der Waals surface area contributed by atoms with E-state index in [-0.39, 0.29) is 12.3 Å². The number of nitrogens with zero attached hydrogens (tertiary/aromatic N) is 2. The number of rotatable bonds is 4. The van der Waals surface area contributed by atoms with Crippen molar-refractivity contribution in [2.75, 3.05) is 13.1 Å². The average molecular weight is 344 g/mol. The van der Waals surface area contributed by atoms with Crippen LogP contribution in [0.15, 0.2) is 35.7 Å². The molecule has 0 atom stereocenters. The summed E-state index contributed by atoms with van der Waals surface area (Å²) in [5.41, 5.74) is 0.718. The molecule has 0 spiro atoms. The van der Waals surface area contributed by atoms with Crippen LogP contribution in [-0.4, -0.2) is 40.0 Å². The normalized spacial score (nSPS) is 16.8. The number of piperidine rings is 1. The number of amides is 1. The topological polar surface area (TPSA) is 70.5 Å². The largest absolute Gasteiger partial charge is 0.481 e. The molecule has 0 saturated carbocycles. The molecule has 1 aromatic heterocycles. The highest BCUT2D eigenvalue weighted by atomic mass is 32.1. The number of hydrogen-bond donors (Lipinski definition) is 1. The van der Waals surface area contributed by atoms with Crippen LogP contribution >= 0.6 is 11.3 Å². The Morgan fingerprint density at radius 3 is 2.46 bits per heavy atom. The zero-order chi connectivity index (χ0) is 17.2. The molecule has 3 rings (SSSR count). The maximum atomic E-state index is 12.4. The van der Waals surface area contributed by atoms with Crippen molar-refractivity contribution in [1.29, 1.82) is 0 Å². The molecule has 1 aliphatic heterocycles. The Labute approximate surface area is 145 Å². The molecule has 0 unspecified atom stereocenters. The van der Waals surface area contributed by atoms with Gasteiger partial charge in [0.2, 0.25) is 5.91 Å². The molecule has 2 aromatic rings. The van der Waals surface area contributed by atoms with Gasteiger partial charge in [0.15, 0.2) is 0 Å². The second kappa shape index (κ2) is 6.73. The van der Waals surface area contributed by atoms with Crippen LogP contribution in [0.25, 0.3) is 0 Å². The number of carboxylic acids is 1. The van der Waals surface area contributed by atoms with Gasteiger partial charge in [0.25, 0.3) is 0 Å². The maximum absolute atomic E-state index is 12.4. The molecule has 1 aromatic carbocycles. The maximum Gasteiger partial charge on any atom is 0.314 e. The molecule has 6 heteroatoms. The first-order chi connectivity index (χ1) is 11.5. The molecule has 0 aliphatic carbocycles. The quantitative estimate of drug-likeness (QED) is 0.926. The zero-order valence-corrected chi connectivity index (χ0v) is 14.4. The summed E-state index contributed by atoms with van der Waals surface area (Å²) in [6.45, 7) is 2.84. The molecule has 1 fully saturated rings. The summed E-state index contributed by atoms with van der Waals surface area (Å²) in [4.78, 5) is 30.5. The van der Waals surface area contributed by atoms with Crippen LogP contribution in [-0.2, 0) is 21.4 Å². The summed E-state index contributed by atoms with van der Waals surface area (Å²) in [5, 5.41) is 12.6. The van der Waals surface area contributed by atoms with Crippen molar-refractivity contribution >= 4 is 23.2 Å². The number of carboxylic acid groups (broad SMARTS) is 1. The lowest BCUT2D eigenvalue weighted by Crippen LogP contribution is -2.49. The predicted molar refractivity (Wildman–Crippen MR) is 92.1 cm³/mol. The smallest absolute Gasteiger partial charge is 0.314 e. The fraction of sp³-hybridized carbons (Fsp3) is 0.389. The van der Waals surface area contributed by atoms with Gasteiger partial charge in [0, 0.05) is 18.5 Å². The van der Waals surface area contributed by atoms with Crippen LogP contribution in [0.2, 0.25) is 0 Å². The number of aromatic nitrogens is 1. The predicted octanol–water partition coefficient (Wildman–Crippen LogP) is 2.64. The highest BCUT2D eigenvalue weighted by Gasteiger charge is 2.43.